The molecule has 5 rings (SSSR count). The molecule has 29 heavy (non-hydrogen) atoms. The molecule has 1 aliphatic rings. The summed E-state index contributed by atoms with van der Waals surface area (Å²) in [5.41, 5.74) is 5.31. The lowest BCUT2D eigenvalue weighted by molar-refractivity contribution is 0.100. The Morgan fingerprint density at radius 3 is 2.31 bits per heavy atom. The molecule has 142 valence electrons. The van der Waals surface area contributed by atoms with Gasteiger partial charge in [0.15, 0.2) is 11.6 Å². The van der Waals surface area contributed by atoms with Crippen LogP contribution in [0.3, 0.4) is 0 Å². The van der Waals surface area contributed by atoms with Gasteiger partial charge in [-0.2, -0.15) is 0 Å². The summed E-state index contributed by atoms with van der Waals surface area (Å²) < 4.78 is 8.02. The van der Waals surface area contributed by atoms with Crippen molar-refractivity contribution >= 4 is 5.71 Å². The third-order valence-electron chi connectivity index (χ3n) is 4.97. The van der Waals surface area contributed by atoms with Crippen molar-refractivity contribution in [1.82, 2.24) is 14.8 Å². The van der Waals surface area contributed by atoms with Gasteiger partial charge in [0, 0.05) is 11.1 Å². The summed E-state index contributed by atoms with van der Waals surface area (Å²) in [4.78, 5) is 4.87. The van der Waals surface area contributed by atoms with Gasteiger partial charge in [0.2, 0.25) is 0 Å². The largest absolute Gasteiger partial charge is 0.369 e. The maximum atomic E-state index is 5.94. The predicted octanol–water partition coefficient (Wildman–Crippen LogP) is 4.34. The van der Waals surface area contributed by atoms with Gasteiger partial charge in [0.05, 0.1) is 18.0 Å². The lowest BCUT2D eigenvalue weighted by atomic mass is 10.0. The first-order valence-electron chi connectivity index (χ1n) is 9.64. The highest BCUT2D eigenvalue weighted by Crippen LogP contribution is 2.26. The summed E-state index contributed by atoms with van der Waals surface area (Å²) >= 11 is 0. The molecule has 3 aromatic carbocycles. The van der Waals surface area contributed by atoms with Gasteiger partial charge >= 0.3 is 0 Å². The van der Waals surface area contributed by atoms with Crippen LogP contribution in [-0.2, 0) is 24.5 Å². The number of para-hydroxylation sites is 1. The van der Waals surface area contributed by atoms with Crippen LogP contribution in [0.4, 0.5) is 0 Å². The van der Waals surface area contributed by atoms with Crippen LogP contribution in [0.25, 0.3) is 5.69 Å². The van der Waals surface area contributed by atoms with Gasteiger partial charge in [-0.1, -0.05) is 78.9 Å². The zero-order chi connectivity index (χ0) is 19.5. The molecule has 0 N–H and O–H groups in total. The Balaban J connectivity index is 1.48. The minimum atomic E-state index is 0.386. The van der Waals surface area contributed by atoms with Crippen molar-refractivity contribution in [1.29, 1.82) is 0 Å². The van der Waals surface area contributed by atoms with Crippen molar-refractivity contribution in [3.63, 3.8) is 0 Å². The molecule has 0 bridgehead atoms. The molecule has 0 atom stereocenters. The Kier molecular flexibility index (Phi) is 4.72. The van der Waals surface area contributed by atoms with Crippen LogP contribution in [0.1, 0.15) is 28.3 Å². The van der Waals surface area contributed by atoms with E-state index in [0.717, 1.165) is 39.7 Å². The minimum absolute atomic E-state index is 0.386. The standard InChI is InChI=1S/C24H20N4O/c1-3-9-18(10-4-1)16-29-17-23-27-26-22-15-25-24(19-11-5-2-6-12-19)20-13-7-8-14-21(20)28(22)23/h1-14H,15-17H2. The van der Waals surface area contributed by atoms with Crippen LogP contribution in [0, 0.1) is 0 Å². The zero-order valence-corrected chi connectivity index (χ0v) is 15.9. The summed E-state index contributed by atoms with van der Waals surface area (Å²) in [7, 11) is 0. The molecular weight excluding hydrogens is 360 g/mol. The lowest BCUT2D eigenvalue weighted by Gasteiger charge is -2.13. The molecule has 0 saturated carbocycles. The third kappa shape index (κ3) is 3.48. The first-order valence-corrected chi connectivity index (χ1v) is 9.64. The summed E-state index contributed by atoms with van der Waals surface area (Å²) in [6.45, 7) is 1.40. The fourth-order valence-electron chi connectivity index (χ4n) is 3.61. The van der Waals surface area contributed by atoms with Gasteiger partial charge in [0.25, 0.3) is 0 Å². The Hall–Kier alpha value is -3.57. The molecule has 4 aromatic rings. The van der Waals surface area contributed by atoms with Crippen LogP contribution in [0.15, 0.2) is 89.9 Å². The zero-order valence-electron chi connectivity index (χ0n) is 15.9. The maximum Gasteiger partial charge on any atom is 0.163 e. The van der Waals surface area contributed by atoms with Gasteiger partial charge in [-0.25, -0.2) is 0 Å². The van der Waals surface area contributed by atoms with Crippen LogP contribution in [0.5, 0.6) is 0 Å². The average molecular weight is 380 g/mol. The van der Waals surface area contributed by atoms with E-state index in [-0.39, 0.29) is 0 Å². The molecule has 1 aliphatic heterocycles. The smallest absolute Gasteiger partial charge is 0.163 e. The molecule has 0 unspecified atom stereocenters. The van der Waals surface area contributed by atoms with Gasteiger partial charge in [-0.05, 0) is 11.6 Å². The fraction of sp³-hybridized carbons (Fsp3) is 0.125. The number of benzene rings is 3. The van der Waals surface area contributed by atoms with Crippen molar-refractivity contribution < 1.29 is 4.74 Å². The Morgan fingerprint density at radius 1 is 0.759 bits per heavy atom. The van der Waals surface area contributed by atoms with E-state index in [1.165, 1.54) is 0 Å². The van der Waals surface area contributed by atoms with E-state index in [1.807, 2.05) is 48.5 Å². The molecule has 1 aromatic heterocycles. The molecule has 2 heterocycles. The lowest BCUT2D eigenvalue weighted by Crippen LogP contribution is -2.10. The van der Waals surface area contributed by atoms with E-state index in [4.69, 9.17) is 9.73 Å². The number of ether oxygens (including phenoxy) is 1. The van der Waals surface area contributed by atoms with E-state index in [2.05, 4.69) is 51.2 Å². The highest BCUT2D eigenvalue weighted by molar-refractivity contribution is 6.15. The van der Waals surface area contributed by atoms with Crippen molar-refractivity contribution in [2.45, 2.75) is 19.8 Å². The highest BCUT2D eigenvalue weighted by atomic mass is 16.5. The van der Waals surface area contributed by atoms with E-state index in [9.17, 15) is 0 Å². The van der Waals surface area contributed by atoms with Crippen LogP contribution in [0.2, 0.25) is 0 Å². The second kappa shape index (κ2) is 7.81. The molecule has 5 heteroatoms. The fourth-order valence-corrected chi connectivity index (χ4v) is 3.61. The number of aliphatic imine (C=N–C) groups is 1. The van der Waals surface area contributed by atoms with Crippen molar-refractivity contribution in [3.8, 4) is 5.69 Å². The summed E-state index contributed by atoms with van der Waals surface area (Å²) in [6.07, 6.45) is 0. The van der Waals surface area contributed by atoms with Gasteiger partial charge < -0.3 is 4.74 Å². The number of nitrogens with zero attached hydrogens (tertiary/aromatic N) is 4. The van der Waals surface area contributed by atoms with Gasteiger partial charge in [0.1, 0.15) is 13.2 Å². The average Bonchev–Trinajstić information content (AvgIpc) is 3.10. The third-order valence-corrected chi connectivity index (χ3v) is 4.97. The first kappa shape index (κ1) is 17.5. The quantitative estimate of drug-likeness (QED) is 0.518. The Morgan fingerprint density at radius 2 is 1.48 bits per heavy atom. The van der Waals surface area contributed by atoms with Gasteiger partial charge in [-0.3, -0.25) is 9.56 Å². The SMILES string of the molecule is c1ccc(COCc2nnc3n2-c2ccccc2C(c2ccccc2)=NC3)cc1. The molecule has 0 radical (unpaired) electrons. The van der Waals surface area contributed by atoms with E-state index >= 15 is 0 Å². The molecule has 0 saturated heterocycles. The number of aromatic nitrogens is 3. The maximum absolute atomic E-state index is 5.94. The molecule has 0 spiro atoms. The molecule has 0 aliphatic carbocycles. The van der Waals surface area contributed by atoms with Crippen LogP contribution >= 0.6 is 0 Å². The molecular formula is C24H20N4O. The van der Waals surface area contributed by atoms with Crippen molar-refractivity contribution in [3.05, 3.63) is 113 Å². The Bertz CT molecular complexity index is 1150. The van der Waals surface area contributed by atoms with E-state index in [1.54, 1.807) is 0 Å². The summed E-state index contributed by atoms with van der Waals surface area (Å²) in [5.74, 6) is 1.61. The minimum Gasteiger partial charge on any atom is -0.369 e. The highest BCUT2D eigenvalue weighted by Gasteiger charge is 2.22. The van der Waals surface area contributed by atoms with Crippen molar-refractivity contribution in [2.75, 3.05) is 0 Å². The van der Waals surface area contributed by atoms with E-state index < -0.39 is 0 Å². The monoisotopic (exact) mass is 380 g/mol. The van der Waals surface area contributed by atoms with Crippen LogP contribution in [-0.4, -0.2) is 20.5 Å². The number of fused-ring (bicyclic) bond motifs is 3. The van der Waals surface area contributed by atoms with Crippen LogP contribution < -0.4 is 0 Å². The van der Waals surface area contributed by atoms with E-state index in [0.29, 0.717) is 19.8 Å². The molecule has 0 amide bonds. The second-order valence-corrected chi connectivity index (χ2v) is 6.89. The predicted molar refractivity (Wildman–Crippen MR) is 112 cm³/mol. The van der Waals surface area contributed by atoms with Gasteiger partial charge in [-0.15, -0.1) is 10.2 Å². The number of hydrogen-bond acceptors (Lipinski definition) is 4. The summed E-state index contributed by atoms with van der Waals surface area (Å²) in [5, 5.41) is 8.78. The number of rotatable bonds is 5. The molecule has 0 fully saturated rings. The normalized spacial score (nSPS) is 12.6. The first-order chi connectivity index (χ1) is 14.4. The Labute approximate surface area is 169 Å². The second-order valence-electron chi connectivity index (χ2n) is 6.89. The number of hydrogen-bond donors (Lipinski definition) is 0. The molecule has 5 nitrogen and oxygen atoms in total. The van der Waals surface area contributed by atoms with Crippen molar-refractivity contribution in [2.24, 2.45) is 4.99 Å². The topological polar surface area (TPSA) is 52.3 Å². The summed E-state index contributed by atoms with van der Waals surface area (Å²) in [6, 6.07) is 28.7.